The fraction of sp³-hybridized carbons (Fsp3) is 0.100. The first-order valence-corrected chi connectivity index (χ1v) is 10.0. The molecule has 0 atom stereocenters. The van der Waals surface area contributed by atoms with E-state index in [9.17, 15) is 9.59 Å². The van der Waals surface area contributed by atoms with Crippen molar-refractivity contribution in [2.75, 3.05) is 7.11 Å². The quantitative estimate of drug-likeness (QED) is 0.432. The number of aromatic nitrogens is 3. The van der Waals surface area contributed by atoms with Gasteiger partial charge in [-0.2, -0.15) is 0 Å². The third-order valence-electron chi connectivity index (χ3n) is 4.22. The minimum Gasteiger partial charge on any atom is -0.465 e. The maximum absolute atomic E-state index is 12.7. The molecule has 0 amide bonds. The molecule has 0 saturated heterocycles. The highest BCUT2D eigenvalue weighted by Crippen LogP contribution is 2.24. The number of benzene rings is 2. The summed E-state index contributed by atoms with van der Waals surface area (Å²) in [5.41, 5.74) is 2.72. The lowest BCUT2D eigenvalue weighted by molar-refractivity contribution is 0.0601. The summed E-state index contributed by atoms with van der Waals surface area (Å²) in [5.74, 6) is -0.374. The Balaban J connectivity index is 1.60. The van der Waals surface area contributed by atoms with Crippen molar-refractivity contribution in [2.45, 2.75) is 6.54 Å². The van der Waals surface area contributed by atoms with Crippen molar-refractivity contribution in [3.05, 3.63) is 80.3 Å². The van der Waals surface area contributed by atoms with Gasteiger partial charge in [-0.25, -0.2) is 14.8 Å². The molecule has 0 unspecified atom stereocenters. The molecule has 28 heavy (non-hydrogen) atoms. The zero-order valence-electron chi connectivity index (χ0n) is 14.8. The fourth-order valence-corrected chi connectivity index (χ4v) is 3.98. The first kappa shape index (κ1) is 18.5. The Morgan fingerprint density at radius 2 is 2.00 bits per heavy atom. The molecule has 0 aliphatic carbocycles. The third kappa shape index (κ3) is 3.61. The number of esters is 1. The largest absolute Gasteiger partial charge is 0.465 e. The van der Waals surface area contributed by atoms with Crippen molar-refractivity contribution < 1.29 is 9.53 Å². The summed E-state index contributed by atoms with van der Waals surface area (Å²) >= 11 is 4.87. The second-order valence-corrected chi connectivity index (χ2v) is 7.83. The van der Waals surface area contributed by atoms with Gasteiger partial charge in [-0.05, 0) is 30.3 Å². The van der Waals surface area contributed by atoms with Crippen LogP contribution in [-0.2, 0) is 11.3 Å². The van der Waals surface area contributed by atoms with Crippen molar-refractivity contribution in [2.24, 2.45) is 0 Å². The van der Waals surface area contributed by atoms with Gasteiger partial charge in [0.1, 0.15) is 5.01 Å². The highest BCUT2D eigenvalue weighted by Gasteiger charge is 2.10. The summed E-state index contributed by atoms with van der Waals surface area (Å²) in [7, 11) is 1.35. The van der Waals surface area contributed by atoms with Gasteiger partial charge in [-0.15, -0.1) is 11.3 Å². The van der Waals surface area contributed by atoms with E-state index in [0.29, 0.717) is 23.0 Å². The zero-order valence-corrected chi connectivity index (χ0v) is 17.2. The standard InChI is InChI=1S/C20H14BrN3O3S/c1-27-20(26)13-4-2-12(3-5-13)18-23-15(10-28-18)9-24-11-22-17-7-6-14(21)8-16(17)19(24)25/h2-8,10-11H,9H2,1H3. The minimum absolute atomic E-state index is 0.108. The minimum atomic E-state index is -0.374. The fourth-order valence-electron chi connectivity index (χ4n) is 2.80. The molecule has 0 fully saturated rings. The average molecular weight is 456 g/mol. The number of carbonyl (C=O) groups is 1. The van der Waals surface area contributed by atoms with Crippen molar-refractivity contribution in [1.82, 2.24) is 14.5 Å². The average Bonchev–Trinajstić information content (AvgIpc) is 3.18. The van der Waals surface area contributed by atoms with Crippen LogP contribution in [0.25, 0.3) is 21.5 Å². The summed E-state index contributed by atoms with van der Waals surface area (Å²) in [6.07, 6.45) is 1.54. The molecule has 2 heterocycles. The molecular formula is C20H14BrN3O3S. The van der Waals surface area contributed by atoms with E-state index in [0.717, 1.165) is 20.7 Å². The molecule has 2 aromatic heterocycles. The smallest absolute Gasteiger partial charge is 0.337 e. The third-order valence-corrected chi connectivity index (χ3v) is 5.66. The molecule has 0 saturated carbocycles. The predicted octanol–water partition coefficient (Wildman–Crippen LogP) is 4.12. The van der Waals surface area contributed by atoms with Gasteiger partial charge in [0, 0.05) is 15.4 Å². The van der Waals surface area contributed by atoms with Crippen LogP contribution in [0.2, 0.25) is 0 Å². The lowest BCUT2D eigenvalue weighted by Crippen LogP contribution is -2.21. The van der Waals surface area contributed by atoms with Gasteiger partial charge in [-0.3, -0.25) is 9.36 Å². The highest BCUT2D eigenvalue weighted by molar-refractivity contribution is 9.10. The SMILES string of the molecule is COC(=O)c1ccc(-c2nc(Cn3cnc4ccc(Br)cc4c3=O)cs2)cc1. The number of thiazole rings is 1. The molecule has 0 spiro atoms. The summed E-state index contributed by atoms with van der Waals surface area (Å²) < 4.78 is 7.09. The van der Waals surface area contributed by atoms with Crippen LogP contribution in [-0.4, -0.2) is 27.6 Å². The zero-order chi connectivity index (χ0) is 19.7. The van der Waals surface area contributed by atoms with Gasteiger partial charge < -0.3 is 4.74 Å². The van der Waals surface area contributed by atoms with Gasteiger partial charge in [0.2, 0.25) is 0 Å². The Bertz CT molecular complexity index is 1230. The van der Waals surface area contributed by atoms with Crippen LogP contribution < -0.4 is 5.56 Å². The molecule has 4 aromatic rings. The van der Waals surface area contributed by atoms with E-state index in [1.807, 2.05) is 29.6 Å². The van der Waals surface area contributed by atoms with E-state index in [1.54, 1.807) is 29.1 Å². The molecule has 140 valence electrons. The first-order valence-electron chi connectivity index (χ1n) is 8.33. The maximum atomic E-state index is 12.7. The molecule has 0 bridgehead atoms. The van der Waals surface area contributed by atoms with Crippen molar-refractivity contribution in [3.63, 3.8) is 0 Å². The lowest BCUT2D eigenvalue weighted by Gasteiger charge is -2.05. The Morgan fingerprint density at radius 3 is 2.75 bits per heavy atom. The van der Waals surface area contributed by atoms with Gasteiger partial charge in [-0.1, -0.05) is 28.1 Å². The molecule has 4 rings (SSSR count). The van der Waals surface area contributed by atoms with Gasteiger partial charge >= 0.3 is 5.97 Å². The number of fused-ring (bicyclic) bond motifs is 1. The van der Waals surface area contributed by atoms with Gasteiger partial charge in [0.05, 0.1) is 42.1 Å². The normalized spacial score (nSPS) is 10.9. The van der Waals surface area contributed by atoms with Crippen molar-refractivity contribution >= 4 is 44.1 Å². The second-order valence-electron chi connectivity index (χ2n) is 6.05. The Labute approximate surface area is 172 Å². The van der Waals surface area contributed by atoms with Crippen LogP contribution in [0.3, 0.4) is 0 Å². The maximum Gasteiger partial charge on any atom is 0.337 e. The van der Waals surface area contributed by atoms with E-state index >= 15 is 0 Å². The predicted molar refractivity (Wildman–Crippen MR) is 112 cm³/mol. The molecule has 0 N–H and O–H groups in total. The molecule has 8 heteroatoms. The second kappa shape index (κ2) is 7.65. The number of ether oxygens (including phenoxy) is 1. The number of hydrogen-bond donors (Lipinski definition) is 0. The number of hydrogen-bond acceptors (Lipinski definition) is 6. The molecule has 6 nitrogen and oxygen atoms in total. The van der Waals surface area contributed by atoms with Crippen LogP contribution in [0.4, 0.5) is 0 Å². The summed E-state index contributed by atoms with van der Waals surface area (Å²) in [4.78, 5) is 33.2. The van der Waals surface area contributed by atoms with Crippen LogP contribution in [0.5, 0.6) is 0 Å². The van der Waals surface area contributed by atoms with Gasteiger partial charge in [0.15, 0.2) is 0 Å². The van der Waals surface area contributed by atoms with Crippen molar-refractivity contribution in [1.29, 1.82) is 0 Å². The summed E-state index contributed by atoms with van der Waals surface area (Å²) in [6, 6.07) is 12.5. The Hall–Kier alpha value is -2.84. The van der Waals surface area contributed by atoms with E-state index in [1.165, 1.54) is 18.4 Å². The number of halogens is 1. The number of methoxy groups -OCH3 is 1. The number of carbonyl (C=O) groups excluding carboxylic acids is 1. The van der Waals surface area contributed by atoms with Crippen LogP contribution >= 0.6 is 27.3 Å². The molecule has 2 aromatic carbocycles. The highest BCUT2D eigenvalue weighted by atomic mass is 79.9. The first-order chi connectivity index (χ1) is 13.5. The Kier molecular flexibility index (Phi) is 5.06. The van der Waals surface area contributed by atoms with Crippen molar-refractivity contribution in [3.8, 4) is 10.6 Å². The molecule has 0 aliphatic rings. The lowest BCUT2D eigenvalue weighted by atomic mass is 10.1. The summed E-state index contributed by atoms with van der Waals surface area (Å²) in [5, 5.41) is 3.29. The van der Waals surface area contributed by atoms with E-state index in [4.69, 9.17) is 4.74 Å². The van der Waals surface area contributed by atoms with E-state index < -0.39 is 0 Å². The topological polar surface area (TPSA) is 74.1 Å². The number of nitrogens with zero attached hydrogens (tertiary/aromatic N) is 3. The van der Waals surface area contributed by atoms with Crippen LogP contribution in [0.15, 0.2) is 63.4 Å². The molecule has 0 aliphatic heterocycles. The van der Waals surface area contributed by atoms with Crippen LogP contribution in [0.1, 0.15) is 16.1 Å². The Morgan fingerprint density at radius 1 is 1.21 bits per heavy atom. The monoisotopic (exact) mass is 455 g/mol. The molecular weight excluding hydrogens is 442 g/mol. The summed E-state index contributed by atoms with van der Waals surface area (Å²) in [6.45, 7) is 0.338. The van der Waals surface area contributed by atoms with Crippen LogP contribution in [0, 0.1) is 0 Å². The van der Waals surface area contributed by atoms with E-state index in [-0.39, 0.29) is 11.5 Å². The number of rotatable bonds is 4. The van der Waals surface area contributed by atoms with Gasteiger partial charge in [0.25, 0.3) is 5.56 Å². The van der Waals surface area contributed by atoms with E-state index in [2.05, 4.69) is 25.9 Å². The molecule has 0 radical (unpaired) electrons.